The van der Waals surface area contributed by atoms with E-state index in [2.05, 4.69) is 83.3 Å². The zero-order valence-corrected chi connectivity index (χ0v) is 19.4. The van der Waals surface area contributed by atoms with Gasteiger partial charge in [0, 0.05) is 16.5 Å². The fraction of sp³-hybridized carbons (Fsp3) is 0.385. The fourth-order valence-electron chi connectivity index (χ4n) is 3.54. The van der Waals surface area contributed by atoms with Crippen molar-refractivity contribution >= 4 is 22.9 Å². The van der Waals surface area contributed by atoms with Crippen molar-refractivity contribution in [3.05, 3.63) is 64.2 Å². The standard InChI is InChI=1S/C26H33N3O/c1-16-9-10-19-12-17(2)24(28-22(19)11-16)29-27-15-18-13-20(25(3,4)5)23(30)21(14-18)26(6,7)8/h9-15,30H,1-8H3,(H,28,29)/b27-15+. The van der Waals surface area contributed by atoms with Crippen LogP contribution in [0.5, 0.6) is 5.75 Å². The van der Waals surface area contributed by atoms with Gasteiger partial charge in [0.25, 0.3) is 0 Å². The number of nitrogens with one attached hydrogen (secondary N) is 1. The first kappa shape index (κ1) is 21.8. The maximum absolute atomic E-state index is 10.9. The first-order valence-corrected chi connectivity index (χ1v) is 10.4. The van der Waals surface area contributed by atoms with E-state index in [1.807, 2.05) is 19.1 Å². The second kappa shape index (κ2) is 7.75. The Morgan fingerprint density at radius 3 is 2.07 bits per heavy atom. The highest BCUT2D eigenvalue weighted by molar-refractivity contribution is 5.84. The number of aromatic nitrogens is 1. The normalized spacial score (nSPS) is 12.7. The lowest BCUT2D eigenvalue weighted by Gasteiger charge is -2.27. The molecule has 4 nitrogen and oxygen atoms in total. The Kier molecular flexibility index (Phi) is 5.64. The van der Waals surface area contributed by atoms with E-state index in [0.717, 1.165) is 39.0 Å². The molecule has 0 aliphatic heterocycles. The maximum atomic E-state index is 10.9. The van der Waals surface area contributed by atoms with E-state index in [0.29, 0.717) is 5.75 Å². The molecule has 0 bridgehead atoms. The van der Waals surface area contributed by atoms with Gasteiger partial charge in [0.2, 0.25) is 0 Å². The molecule has 0 fully saturated rings. The Bertz CT molecular complexity index is 1080. The molecule has 30 heavy (non-hydrogen) atoms. The van der Waals surface area contributed by atoms with Crippen LogP contribution in [0, 0.1) is 13.8 Å². The topological polar surface area (TPSA) is 57.5 Å². The number of anilines is 1. The molecule has 3 aromatic rings. The van der Waals surface area contributed by atoms with E-state index in [1.54, 1.807) is 6.21 Å². The van der Waals surface area contributed by atoms with Crippen molar-refractivity contribution in [2.75, 3.05) is 5.43 Å². The summed E-state index contributed by atoms with van der Waals surface area (Å²) < 4.78 is 0. The zero-order valence-electron chi connectivity index (χ0n) is 19.4. The van der Waals surface area contributed by atoms with Gasteiger partial charge in [0.15, 0.2) is 0 Å². The van der Waals surface area contributed by atoms with Crippen molar-refractivity contribution in [3.63, 3.8) is 0 Å². The zero-order chi connectivity index (χ0) is 22.3. The van der Waals surface area contributed by atoms with Crippen LogP contribution in [0.25, 0.3) is 10.9 Å². The summed E-state index contributed by atoms with van der Waals surface area (Å²) in [5.41, 5.74) is 8.73. The van der Waals surface area contributed by atoms with Crippen LogP contribution in [0.15, 0.2) is 41.5 Å². The van der Waals surface area contributed by atoms with E-state index in [4.69, 9.17) is 4.98 Å². The second-order valence-corrected chi connectivity index (χ2v) is 10.2. The number of pyridine rings is 1. The quantitative estimate of drug-likeness (QED) is 0.383. The lowest BCUT2D eigenvalue weighted by molar-refractivity contribution is 0.423. The van der Waals surface area contributed by atoms with Gasteiger partial charge in [0.05, 0.1) is 11.7 Å². The van der Waals surface area contributed by atoms with Gasteiger partial charge in [-0.25, -0.2) is 4.98 Å². The molecule has 0 aliphatic rings. The first-order valence-electron chi connectivity index (χ1n) is 10.4. The number of phenols is 1. The molecule has 1 heterocycles. The lowest BCUT2D eigenvalue weighted by atomic mass is 9.78. The van der Waals surface area contributed by atoms with E-state index >= 15 is 0 Å². The number of phenolic OH excluding ortho intramolecular Hbond substituents is 1. The van der Waals surface area contributed by atoms with Crippen molar-refractivity contribution in [3.8, 4) is 5.75 Å². The highest BCUT2D eigenvalue weighted by Gasteiger charge is 2.26. The van der Waals surface area contributed by atoms with Crippen LogP contribution in [0.3, 0.4) is 0 Å². The average Bonchev–Trinajstić information content (AvgIpc) is 2.61. The van der Waals surface area contributed by atoms with Crippen LogP contribution in [0.1, 0.15) is 69.4 Å². The molecule has 4 heteroatoms. The van der Waals surface area contributed by atoms with Crippen molar-refractivity contribution in [1.29, 1.82) is 0 Å². The van der Waals surface area contributed by atoms with Crippen LogP contribution in [-0.2, 0) is 10.8 Å². The number of benzene rings is 2. The largest absolute Gasteiger partial charge is 0.507 e. The summed E-state index contributed by atoms with van der Waals surface area (Å²) in [7, 11) is 0. The Hall–Kier alpha value is -2.88. The van der Waals surface area contributed by atoms with E-state index in [-0.39, 0.29) is 10.8 Å². The summed E-state index contributed by atoms with van der Waals surface area (Å²) in [5.74, 6) is 1.12. The number of fused-ring (bicyclic) bond motifs is 1. The molecule has 0 saturated carbocycles. The number of hydrogen-bond donors (Lipinski definition) is 2. The minimum absolute atomic E-state index is 0.171. The molecule has 1 aromatic heterocycles. The lowest BCUT2D eigenvalue weighted by Crippen LogP contribution is -2.18. The number of hydrazone groups is 1. The summed E-state index contributed by atoms with van der Waals surface area (Å²) >= 11 is 0. The van der Waals surface area contributed by atoms with Crippen molar-refractivity contribution in [1.82, 2.24) is 4.98 Å². The monoisotopic (exact) mass is 403 g/mol. The molecule has 2 aromatic carbocycles. The average molecular weight is 404 g/mol. The predicted molar refractivity (Wildman–Crippen MR) is 128 cm³/mol. The third-order valence-electron chi connectivity index (χ3n) is 5.30. The summed E-state index contributed by atoms with van der Waals surface area (Å²) in [5, 5.41) is 16.5. The van der Waals surface area contributed by atoms with E-state index in [1.165, 1.54) is 5.56 Å². The number of aryl methyl sites for hydroxylation is 2. The Morgan fingerprint density at radius 1 is 0.900 bits per heavy atom. The van der Waals surface area contributed by atoms with Crippen LogP contribution >= 0.6 is 0 Å². The van der Waals surface area contributed by atoms with E-state index < -0.39 is 0 Å². The Morgan fingerprint density at radius 2 is 1.50 bits per heavy atom. The van der Waals surface area contributed by atoms with Gasteiger partial charge in [-0.15, -0.1) is 0 Å². The summed E-state index contributed by atoms with van der Waals surface area (Å²) in [6.07, 6.45) is 1.80. The molecule has 0 saturated heterocycles. The highest BCUT2D eigenvalue weighted by Crippen LogP contribution is 2.39. The molecule has 0 unspecified atom stereocenters. The molecule has 0 amide bonds. The van der Waals surface area contributed by atoms with Crippen LogP contribution in [0.4, 0.5) is 5.82 Å². The van der Waals surface area contributed by atoms with Gasteiger partial charge in [0.1, 0.15) is 11.6 Å². The summed E-state index contributed by atoms with van der Waals surface area (Å²) in [6, 6.07) is 12.4. The third kappa shape index (κ3) is 4.64. The molecule has 158 valence electrons. The molecule has 0 aliphatic carbocycles. The SMILES string of the molecule is Cc1ccc2cc(C)c(N/N=C/c3cc(C(C)(C)C)c(O)c(C(C)(C)C)c3)nc2c1. The number of hydrogen-bond acceptors (Lipinski definition) is 4. The third-order valence-corrected chi connectivity index (χ3v) is 5.30. The van der Waals surface area contributed by atoms with Crippen LogP contribution in [0.2, 0.25) is 0 Å². The van der Waals surface area contributed by atoms with Crippen LogP contribution in [-0.4, -0.2) is 16.3 Å². The minimum Gasteiger partial charge on any atom is -0.507 e. The number of rotatable bonds is 3. The Labute approximate surface area is 180 Å². The molecule has 0 atom stereocenters. The molecular formula is C26H33N3O. The van der Waals surface area contributed by atoms with Gasteiger partial charge in [-0.1, -0.05) is 53.7 Å². The predicted octanol–water partition coefficient (Wildman–Crippen LogP) is 6.60. The summed E-state index contributed by atoms with van der Waals surface area (Å²) in [6.45, 7) is 16.7. The van der Waals surface area contributed by atoms with Crippen LogP contribution < -0.4 is 5.43 Å². The summed E-state index contributed by atoms with van der Waals surface area (Å²) in [4.78, 5) is 4.73. The molecule has 2 N–H and O–H groups in total. The van der Waals surface area contributed by atoms with Gasteiger partial charge in [-0.3, -0.25) is 5.43 Å². The number of aromatic hydroxyl groups is 1. The number of nitrogens with zero attached hydrogens (tertiary/aromatic N) is 2. The fourth-order valence-corrected chi connectivity index (χ4v) is 3.54. The minimum atomic E-state index is -0.171. The maximum Gasteiger partial charge on any atom is 0.149 e. The van der Waals surface area contributed by atoms with Crippen molar-refractivity contribution in [2.24, 2.45) is 5.10 Å². The molecule has 0 radical (unpaired) electrons. The van der Waals surface area contributed by atoms with Gasteiger partial charge < -0.3 is 5.11 Å². The van der Waals surface area contributed by atoms with Gasteiger partial charge in [-0.05, 0) is 65.6 Å². The molecule has 3 rings (SSSR count). The Balaban J connectivity index is 1.96. The molecule has 0 spiro atoms. The van der Waals surface area contributed by atoms with Gasteiger partial charge >= 0.3 is 0 Å². The van der Waals surface area contributed by atoms with Gasteiger partial charge in [-0.2, -0.15) is 5.10 Å². The van der Waals surface area contributed by atoms with E-state index in [9.17, 15) is 5.11 Å². The van der Waals surface area contributed by atoms with Crippen molar-refractivity contribution in [2.45, 2.75) is 66.2 Å². The second-order valence-electron chi connectivity index (χ2n) is 10.2. The smallest absolute Gasteiger partial charge is 0.149 e. The first-order chi connectivity index (χ1) is 13.9. The molecular weight excluding hydrogens is 370 g/mol. The highest BCUT2D eigenvalue weighted by atomic mass is 16.3. The van der Waals surface area contributed by atoms with Crippen molar-refractivity contribution < 1.29 is 5.11 Å².